The third-order valence-electron chi connectivity index (χ3n) is 13.5. The Morgan fingerprint density at radius 1 is 0.957 bits per heavy atom. The van der Waals surface area contributed by atoms with E-state index < -0.39 is 82.4 Å². The number of carbonyl (C=O) groups excluding carboxylic acids is 1. The Balaban J connectivity index is 1.43. The maximum Gasteiger partial charge on any atom is 0.338 e. The second kappa shape index (κ2) is 11.2. The Kier molecular flexibility index (Phi) is 7.98. The van der Waals surface area contributed by atoms with Gasteiger partial charge in [0, 0.05) is 76.0 Å². The van der Waals surface area contributed by atoms with Crippen LogP contribution < -0.4 is 9.47 Å². The van der Waals surface area contributed by atoms with Gasteiger partial charge in [-0.15, -0.1) is 0 Å². The van der Waals surface area contributed by atoms with Crippen LogP contribution in [0.1, 0.15) is 30.1 Å². The van der Waals surface area contributed by atoms with Crippen LogP contribution in [0.15, 0.2) is 18.2 Å². The molecule has 1 spiro atoms. The van der Waals surface area contributed by atoms with Gasteiger partial charge in [-0.2, -0.15) is 0 Å². The molecule has 5 aliphatic carbocycles. The monoisotopic (exact) mass is 663 g/mol. The number of esters is 1. The number of nitrogens with zero attached hydrogens (tertiary/aromatic N) is 1. The number of hydrogen-bond donors (Lipinski definition) is 4. The summed E-state index contributed by atoms with van der Waals surface area (Å²) < 4.78 is 41.4. The average molecular weight is 664 g/mol. The van der Waals surface area contributed by atoms with Crippen molar-refractivity contribution in [3.05, 3.63) is 23.8 Å². The quantitative estimate of drug-likeness (QED) is 0.249. The number of likely N-dealkylation sites (tertiary alicyclic amines) is 1. The third kappa shape index (κ3) is 3.78. The Morgan fingerprint density at radius 3 is 2.28 bits per heavy atom. The lowest BCUT2D eigenvalue weighted by atomic mass is 9.42. The fraction of sp³-hybridized carbons (Fsp3) is 0.794. The lowest BCUT2D eigenvalue weighted by Gasteiger charge is -2.70. The maximum absolute atomic E-state index is 13.9. The summed E-state index contributed by atoms with van der Waals surface area (Å²) in [4.78, 5) is 16.2. The van der Waals surface area contributed by atoms with Gasteiger partial charge in [0.2, 0.25) is 0 Å². The molecule has 5 saturated carbocycles. The summed E-state index contributed by atoms with van der Waals surface area (Å²) >= 11 is 0. The van der Waals surface area contributed by atoms with Crippen LogP contribution in [-0.2, 0) is 23.7 Å². The topological polar surface area (TPSA) is 166 Å². The molecule has 7 rings (SSSR count). The number of piperidine rings is 1. The number of aliphatic hydroxyl groups is 4. The van der Waals surface area contributed by atoms with Gasteiger partial charge in [-0.25, -0.2) is 4.79 Å². The molecular weight excluding hydrogens is 614 g/mol. The van der Waals surface area contributed by atoms with E-state index in [0.29, 0.717) is 31.0 Å². The van der Waals surface area contributed by atoms with E-state index in [1.807, 2.05) is 6.92 Å². The third-order valence-corrected chi connectivity index (χ3v) is 13.5. The number of fused-ring (bicyclic) bond motifs is 2. The van der Waals surface area contributed by atoms with E-state index in [-0.39, 0.29) is 30.6 Å². The van der Waals surface area contributed by atoms with Gasteiger partial charge < -0.3 is 53.6 Å². The van der Waals surface area contributed by atoms with Gasteiger partial charge in [-0.1, -0.05) is 6.92 Å². The van der Waals surface area contributed by atoms with Crippen LogP contribution in [0.25, 0.3) is 0 Å². The van der Waals surface area contributed by atoms with Crippen molar-refractivity contribution in [3.63, 3.8) is 0 Å². The molecule has 4 N–H and O–H groups in total. The molecule has 7 bridgehead atoms. The van der Waals surface area contributed by atoms with Crippen LogP contribution in [0, 0.1) is 34.5 Å². The molecule has 15 atom stereocenters. The standard InChI is InChI=1S/C34H49NO12/c1-8-35-14-31(15-41-2)20(36)12-21(44-5)33-17-13-32(39)28(47-30(38)16-9-10-18(42-3)19(11-16)43-4)22(17)34(40,27(37)29(32)46-7)23(26(33)35)24(45-6)25(31)33/h9-11,17,20-29,36-37,39-40H,8,12-15H2,1-7H3/t17-,20?,21?,22-,23+,24?,25-,26-,27?,28?,29?,31+,32+,33+,34-/m1/s1. The first-order valence-electron chi connectivity index (χ1n) is 16.5. The molecular formula is C34H49NO12. The highest BCUT2D eigenvalue weighted by Crippen LogP contribution is 2.80. The largest absolute Gasteiger partial charge is 0.493 e. The Hall–Kier alpha value is -2.07. The molecule has 13 nitrogen and oxygen atoms in total. The second-order valence-corrected chi connectivity index (χ2v) is 14.6. The Labute approximate surface area is 275 Å². The smallest absolute Gasteiger partial charge is 0.338 e. The van der Waals surface area contributed by atoms with Gasteiger partial charge in [0.1, 0.15) is 29.5 Å². The summed E-state index contributed by atoms with van der Waals surface area (Å²) in [5.41, 5.74) is -5.16. The number of methoxy groups -OCH3 is 6. The number of benzene rings is 1. The van der Waals surface area contributed by atoms with Crippen molar-refractivity contribution in [2.24, 2.45) is 34.5 Å². The van der Waals surface area contributed by atoms with Crippen molar-refractivity contribution in [1.29, 1.82) is 0 Å². The van der Waals surface area contributed by atoms with E-state index in [0.717, 1.165) is 0 Å². The van der Waals surface area contributed by atoms with Crippen LogP contribution in [0.5, 0.6) is 11.5 Å². The van der Waals surface area contributed by atoms with E-state index in [1.54, 1.807) is 33.5 Å². The molecule has 262 valence electrons. The second-order valence-electron chi connectivity index (χ2n) is 14.6. The summed E-state index contributed by atoms with van der Waals surface area (Å²) in [5.74, 6) is -2.48. The molecule has 0 aromatic heterocycles. The van der Waals surface area contributed by atoms with Gasteiger partial charge in [-0.3, -0.25) is 4.90 Å². The SMILES string of the molecule is CCN1C[C@]2(COC)C(O)CC(OC)[C@@]34[C@@H]5C[C@@]6(O)C(OC)C(O)[C@@](O)([C@H]5C6OC(=O)c5ccc(OC)c(OC)c5)[C@@H](C(OC)[C@H]23)[C@@H]14. The van der Waals surface area contributed by atoms with Gasteiger partial charge in [0.05, 0.1) is 44.7 Å². The minimum absolute atomic E-state index is 0.0617. The Bertz CT molecular complexity index is 1400. The first kappa shape index (κ1) is 33.4. The fourth-order valence-corrected chi connectivity index (χ4v) is 12.3. The normalized spacial score (nSPS) is 49.1. The van der Waals surface area contributed by atoms with Crippen molar-refractivity contribution in [1.82, 2.24) is 4.90 Å². The lowest BCUT2D eigenvalue weighted by molar-refractivity contribution is -0.320. The predicted octanol–water partition coefficient (Wildman–Crippen LogP) is 0.0945. The van der Waals surface area contributed by atoms with Crippen molar-refractivity contribution >= 4 is 5.97 Å². The number of carbonyl (C=O) groups is 1. The van der Waals surface area contributed by atoms with E-state index in [1.165, 1.54) is 27.4 Å². The van der Waals surface area contributed by atoms with Crippen LogP contribution in [0.2, 0.25) is 0 Å². The van der Waals surface area contributed by atoms with E-state index in [9.17, 15) is 25.2 Å². The minimum atomic E-state index is -1.91. The number of rotatable bonds is 10. The minimum Gasteiger partial charge on any atom is -0.493 e. The molecule has 1 aliphatic heterocycles. The molecule has 6 fully saturated rings. The van der Waals surface area contributed by atoms with Crippen molar-refractivity contribution in [2.45, 2.75) is 73.6 Å². The highest BCUT2D eigenvalue weighted by molar-refractivity contribution is 5.90. The van der Waals surface area contributed by atoms with Crippen LogP contribution in [0.4, 0.5) is 0 Å². The number of aliphatic hydroxyl groups excluding tert-OH is 2. The number of hydrogen-bond acceptors (Lipinski definition) is 13. The summed E-state index contributed by atoms with van der Waals surface area (Å²) in [5, 5.41) is 50.1. The summed E-state index contributed by atoms with van der Waals surface area (Å²) in [6.45, 7) is 3.38. The highest BCUT2D eigenvalue weighted by Gasteiger charge is 2.91. The zero-order valence-corrected chi connectivity index (χ0v) is 28.1. The molecule has 1 aromatic carbocycles. The van der Waals surface area contributed by atoms with Crippen LogP contribution in [-0.4, -0.2) is 148 Å². The summed E-state index contributed by atoms with van der Waals surface area (Å²) in [7, 11) is 9.20. The van der Waals surface area contributed by atoms with Gasteiger partial charge in [-0.05, 0) is 37.1 Å². The van der Waals surface area contributed by atoms with Gasteiger partial charge in [0.25, 0.3) is 0 Å². The fourth-order valence-electron chi connectivity index (χ4n) is 12.3. The summed E-state index contributed by atoms with van der Waals surface area (Å²) in [6, 6.07) is 4.31. The molecule has 6 unspecified atom stereocenters. The molecule has 0 amide bonds. The zero-order chi connectivity index (χ0) is 33.8. The molecule has 6 aliphatic rings. The first-order valence-corrected chi connectivity index (χ1v) is 16.5. The molecule has 0 radical (unpaired) electrons. The predicted molar refractivity (Wildman–Crippen MR) is 164 cm³/mol. The van der Waals surface area contributed by atoms with Crippen molar-refractivity contribution in [3.8, 4) is 11.5 Å². The van der Waals surface area contributed by atoms with Gasteiger partial charge in [0.15, 0.2) is 11.5 Å². The first-order chi connectivity index (χ1) is 22.4. The number of ether oxygens (including phenoxy) is 7. The molecule has 47 heavy (non-hydrogen) atoms. The molecule has 1 aromatic rings. The van der Waals surface area contributed by atoms with E-state index in [2.05, 4.69) is 4.90 Å². The molecule has 1 heterocycles. The van der Waals surface area contributed by atoms with Gasteiger partial charge >= 0.3 is 5.97 Å². The molecule has 13 heteroatoms. The molecule has 1 saturated heterocycles. The van der Waals surface area contributed by atoms with Crippen molar-refractivity contribution < 1.29 is 58.4 Å². The van der Waals surface area contributed by atoms with E-state index >= 15 is 0 Å². The van der Waals surface area contributed by atoms with E-state index in [4.69, 9.17) is 33.2 Å². The van der Waals surface area contributed by atoms with Crippen LogP contribution >= 0.6 is 0 Å². The summed E-state index contributed by atoms with van der Waals surface area (Å²) in [6.07, 6.45) is -5.61. The average Bonchev–Trinajstić information content (AvgIpc) is 3.45. The van der Waals surface area contributed by atoms with Crippen molar-refractivity contribution in [2.75, 3.05) is 62.4 Å². The highest BCUT2D eigenvalue weighted by atomic mass is 16.6. The van der Waals surface area contributed by atoms with Crippen LogP contribution in [0.3, 0.4) is 0 Å². The Morgan fingerprint density at radius 2 is 1.68 bits per heavy atom. The maximum atomic E-state index is 13.9. The lowest BCUT2D eigenvalue weighted by Crippen LogP contribution is -2.81. The zero-order valence-electron chi connectivity index (χ0n) is 28.1.